The minimum absolute atomic E-state index is 0. The number of aliphatic hydroxyl groups excluding tert-OH is 1. The standard InChI is InChI=1S/C17H24N6O3.H2S/c1-2-4-11(7-8-24)22-16-14(9-20-17(19)23-16)26-10-12-5-3-6-13(21-12)15(18)25;/h3,5-6,9,11,24H,2,4,7-8,10H2,1H3,(H2,18,25)(H3,19,20,22,23);1H2/t11-;/m0./s1. The number of amides is 1. The van der Waals surface area contributed by atoms with Crippen molar-refractivity contribution in [3.8, 4) is 5.75 Å². The number of nitrogen functional groups attached to an aromatic ring is 1. The summed E-state index contributed by atoms with van der Waals surface area (Å²) in [6.07, 6.45) is 3.88. The Hall–Kier alpha value is -2.59. The van der Waals surface area contributed by atoms with Crippen molar-refractivity contribution in [2.24, 2.45) is 5.73 Å². The molecule has 0 aliphatic carbocycles. The lowest BCUT2D eigenvalue weighted by Crippen LogP contribution is -2.22. The molecular weight excluding hydrogens is 368 g/mol. The second-order valence-electron chi connectivity index (χ2n) is 5.75. The van der Waals surface area contributed by atoms with Crippen LogP contribution in [0.25, 0.3) is 0 Å². The van der Waals surface area contributed by atoms with E-state index < -0.39 is 5.91 Å². The van der Waals surface area contributed by atoms with Gasteiger partial charge in [0.25, 0.3) is 5.91 Å². The van der Waals surface area contributed by atoms with E-state index in [0.29, 0.717) is 23.7 Å². The zero-order valence-electron chi connectivity index (χ0n) is 15.2. The van der Waals surface area contributed by atoms with E-state index in [4.69, 9.17) is 16.2 Å². The number of hydrogen-bond acceptors (Lipinski definition) is 8. The van der Waals surface area contributed by atoms with Gasteiger partial charge in [0, 0.05) is 12.6 Å². The third kappa shape index (κ3) is 6.91. The second-order valence-corrected chi connectivity index (χ2v) is 5.75. The predicted octanol–water partition coefficient (Wildman–Crippen LogP) is 1.21. The van der Waals surface area contributed by atoms with Crippen LogP contribution in [0.2, 0.25) is 0 Å². The number of anilines is 2. The van der Waals surface area contributed by atoms with Gasteiger partial charge in [-0.2, -0.15) is 18.5 Å². The van der Waals surface area contributed by atoms with E-state index in [1.54, 1.807) is 12.1 Å². The topological polar surface area (TPSA) is 149 Å². The van der Waals surface area contributed by atoms with Gasteiger partial charge in [-0.05, 0) is 25.0 Å². The number of nitrogens with zero attached hydrogens (tertiary/aromatic N) is 3. The summed E-state index contributed by atoms with van der Waals surface area (Å²) in [5.74, 6) is 0.379. The van der Waals surface area contributed by atoms with E-state index in [1.165, 1.54) is 12.3 Å². The average molecular weight is 395 g/mol. The van der Waals surface area contributed by atoms with Crippen LogP contribution in [0.3, 0.4) is 0 Å². The average Bonchev–Trinajstić information content (AvgIpc) is 2.62. The maximum atomic E-state index is 11.2. The number of primary amides is 1. The second kappa shape index (κ2) is 11.2. The fraction of sp³-hybridized carbons (Fsp3) is 0.412. The fourth-order valence-electron chi connectivity index (χ4n) is 2.43. The Morgan fingerprint density at radius 3 is 2.78 bits per heavy atom. The summed E-state index contributed by atoms with van der Waals surface area (Å²) in [6, 6.07) is 4.99. The lowest BCUT2D eigenvalue weighted by atomic mass is 10.1. The lowest BCUT2D eigenvalue weighted by Gasteiger charge is -2.19. The van der Waals surface area contributed by atoms with Crippen molar-refractivity contribution in [3.05, 3.63) is 35.8 Å². The van der Waals surface area contributed by atoms with E-state index in [1.807, 2.05) is 0 Å². The predicted molar refractivity (Wildman–Crippen MR) is 108 cm³/mol. The molecule has 1 atom stereocenters. The minimum Gasteiger partial charge on any atom is -0.482 e. The van der Waals surface area contributed by atoms with Crippen LogP contribution < -0.4 is 21.5 Å². The van der Waals surface area contributed by atoms with Crippen molar-refractivity contribution >= 4 is 31.2 Å². The van der Waals surface area contributed by atoms with Crippen molar-refractivity contribution in [3.63, 3.8) is 0 Å². The highest BCUT2D eigenvalue weighted by Gasteiger charge is 2.14. The lowest BCUT2D eigenvalue weighted by molar-refractivity contribution is 0.0995. The SMILES string of the molecule is CCC[C@@H](CCO)Nc1nc(N)ncc1OCc1cccc(C(N)=O)n1.S. The first-order chi connectivity index (χ1) is 12.5. The van der Waals surface area contributed by atoms with Gasteiger partial charge < -0.3 is 26.6 Å². The van der Waals surface area contributed by atoms with Crippen LogP contribution in [-0.2, 0) is 6.61 Å². The summed E-state index contributed by atoms with van der Waals surface area (Å²) in [5, 5.41) is 12.5. The number of ether oxygens (including phenoxy) is 1. The Bertz CT molecular complexity index is 740. The van der Waals surface area contributed by atoms with Gasteiger partial charge in [-0.3, -0.25) is 4.79 Å². The smallest absolute Gasteiger partial charge is 0.267 e. The minimum atomic E-state index is -0.601. The number of nitrogens with two attached hydrogens (primary N) is 2. The van der Waals surface area contributed by atoms with Crippen LogP contribution in [0.15, 0.2) is 24.4 Å². The van der Waals surface area contributed by atoms with E-state index in [2.05, 4.69) is 27.2 Å². The summed E-state index contributed by atoms with van der Waals surface area (Å²) in [5.41, 5.74) is 11.6. The zero-order valence-corrected chi connectivity index (χ0v) is 16.2. The normalized spacial score (nSPS) is 11.3. The molecule has 10 heteroatoms. The number of aliphatic hydroxyl groups is 1. The van der Waals surface area contributed by atoms with Crippen LogP contribution >= 0.6 is 13.5 Å². The van der Waals surface area contributed by atoms with Gasteiger partial charge >= 0.3 is 0 Å². The monoisotopic (exact) mass is 394 g/mol. The Kier molecular flexibility index (Phi) is 9.31. The Labute approximate surface area is 165 Å². The molecule has 1 amide bonds. The molecule has 0 aliphatic heterocycles. The number of hydrogen-bond donors (Lipinski definition) is 4. The molecule has 27 heavy (non-hydrogen) atoms. The van der Waals surface area contributed by atoms with Gasteiger partial charge in [0.05, 0.1) is 11.9 Å². The molecule has 0 spiro atoms. The van der Waals surface area contributed by atoms with E-state index in [9.17, 15) is 9.90 Å². The summed E-state index contributed by atoms with van der Waals surface area (Å²) >= 11 is 0. The van der Waals surface area contributed by atoms with Crippen LogP contribution in [0, 0.1) is 0 Å². The van der Waals surface area contributed by atoms with Gasteiger partial charge in [0.15, 0.2) is 11.6 Å². The maximum absolute atomic E-state index is 11.2. The first-order valence-electron chi connectivity index (χ1n) is 8.42. The molecule has 0 radical (unpaired) electrons. The quantitative estimate of drug-likeness (QED) is 0.470. The van der Waals surface area contributed by atoms with Crippen LogP contribution in [0.4, 0.5) is 11.8 Å². The van der Waals surface area contributed by atoms with Crippen LogP contribution in [-0.4, -0.2) is 38.6 Å². The van der Waals surface area contributed by atoms with Crippen molar-refractivity contribution in [2.45, 2.75) is 38.8 Å². The molecule has 0 aromatic carbocycles. The van der Waals surface area contributed by atoms with Gasteiger partial charge in [-0.15, -0.1) is 0 Å². The molecule has 148 valence electrons. The van der Waals surface area contributed by atoms with E-state index >= 15 is 0 Å². The van der Waals surface area contributed by atoms with Crippen LogP contribution in [0.5, 0.6) is 5.75 Å². The Balaban J connectivity index is 0.00000364. The Morgan fingerprint density at radius 2 is 2.11 bits per heavy atom. The third-order valence-corrected chi connectivity index (χ3v) is 3.66. The third-order valence-electron chi connectivity index (χ3n) is 3.66. The molecule has 2 aromatic rings. The summed E-state index contributed by atoms with van der Waals surface area (Å²) in [6.45, 7) is 2.25. The molecular formula is C17H26N6O3S. The molecule has 2 aromatic heterocycles. The maximum Gasteiger partial charge on any atom is 0.267 e. The largest absolute Gasteiger partial charge is 0.482 e. The number of rotatable bonds is 10. The van der Waals surface area contributed by atoms with E-state index in [-0.39, 0.29) is 44.4 Å². The summed E-state index contributed by atoms with van der Waals surface area (Å²) in [4.78, 5) is 23.5. The molecule has 0 aliphatic rings. The fourth-order valence-corrected chi connectivity index (χ4v) is 2.43. The highest BCUT2D eigenvalue weighted by Crippen LogP contribution is 2.24. The molecule has 0 fully saturated rings. The summed E-state index contributed by atoms with van der Waals surface area (Å²) in [7, 11) is 0. The van der Waals surface area contributed by atoms with Crippen molar-refractivity contribution in [2.75, 3.05) is 17.7 Å². The highest BCUT2D eigenvalue weighted by atomic mass is 32.1. The Morgan fingerprint density at radius 1 is 1.33 bits per heavy atom. The number of carbonyl (C=O) groups excluding carboxylic acids is 1. The molecule has 9 nitrogen and oxygen atoms in total. The van der Waals surface area contributed by atoms with Crippen molar-refractivity contribution in [1.29, 1.82) is 0 Å². The first-order valence-corrected chi connectivity index (χ1v) is 8.42. The number of nitrogens with one attached hydrogen (secondary N) is 1. The van der Waals surface area contributed by atoms with Gasteiger partial charge in [0.2, 0.25) is 5.95 Å². The molecule has 0 saturated carbocycles. The van der Waals surface area contributed by atoms with E-state index in [0.717, 1.165) is 12.8 Å². The number of aromatic nitrogens is 3. The summed E-state index contributed by atoms with van der Waals surface area (Å²) < 4.78 is 5.75. The zero-order chi connectivity index (χ0) is 18.9. The molecule has 6 N–H and O–H groups in total. The number of pyridine rings is 1. The molecule has 0 unspecified atom stereocenters. The molecule has 0 bridgehead atoms. The van der Waals surface area contributed by atoms with Crippen LogP contribution in [0.1, 0.15) is 42.4 Å². The van der Waals surface area contributed by atoms with Gasteiger partial charge in [-0.1, -0.05) is 19.4 Å². The molecule has 0 saturated heterocycles. The molecule has 2 rings (SSSR count). The van der Waals surface area contributed by atoms with Gasteiger partial charge in [-0.25, -0.2) is 9.97 Å². The van der Waals surface area contributed by atoms with Gasteiger partial charge in [0.1, 0.15) is 12.3 Å². The first kappa shape index (κ1) is 22.5. The number of carbonyl (C=O) groups is 1. The highest BCUT2D eigenvalue weighted by molar-refractivity contribution is 7.59. The van der Waals surface area contributed by atoms with Crippen molar-refractivity contribution in [1.82, 2.24) is 15.0 Å². The molecule has 2 heterocycles. The van der Waals surface area contributed by atoms with Crippen molar-refractivity contribution < 1.29 is 14.6 Å².